The predicted molar refractivity (Wildman–Crippen MR) is 63.8 cm³/mol. The van der Waals surface area contributed by atoms with Crippen molar-refractivity contribution in [3.63, 3.8) is 0 Å². The highest BCUT2D eigenvalue weighted by Gasteiger charge is 2.12. The van der Waals surface area contributed by atoms with E-state index in [-0.39, 0.29) is 0 Å². The van der Waals surface area contributed by atoms with E-state index >= 15 is 0 Å². The van der Waals surface area contributed by atoms with Crippen LogP contribution in [0.15, 0.2) is 0 Å². The van der Waals surface area contributed by atoms with Crippen molar-refractivity contribution < 1.29 is 0 Å². The zero-order chi connectivity index (χ0) is 11.0. The van der Waals surface area contributed by atoms with E-state index in [0.717, 1.165) is 19.6 Å². The molecule has 0 aliphatic rings. The number of hydrogen-bond acceptors (Lipinski definition) is 3. The molecule has 86 valence electrons. The van der Waals surface area contributed by atoms with Crippen LogP contribution in [0.25, 0.3) is 0 Å². The van der Waals surface area contributed by atoms with Gasteiger partial charge >= 0.3 is 0 Å². The smallest absolute Gasteiger partial charge is 0.0217 e. The second-order valence-electron chi connectivity index (χ2n) is 4.28. The second kappa shape index (κ2) is 8.21. The van der Waals surface area contributed by atoms with Crippen LogP contribution in [0.1, 0.15) is 19.8 Å². The Morgan fingerprint density at radius 1 is 1.14 bits per heavy atom. The lowest BCUT2D eigenvalue weighted by Crippen LogP contribution is -2.42. The summed E-state index contributed by atoms with van der Waals surface area (Å²) in [5.74, 6) is 0. The Labute approximate surface area is 89.5 Å². The quantitative estimate of drug-likeness (QED) is 0.628. The van der Waals surface area contributed by atoms with Gasteiger partial charge in [0.2, 0.25) is 0 Å². The first-order valence-corrected chi connectivity index (χ1v) is 5.61. The molecular weight excluding hydrogens is 174 g/mol. The SMILES string of the molecule is CCCC(CNC)N(C)CCN(C)C. The fraction of sp³-hybridized carbons (Fsp3) is 1.00. The summed E-state index contributed by atoms with van der Waals surface area (Å²) in [5, 5.41) is 3.27. The van der Waals surface area contributed by atoms with Gasteiger partial charge in [-0.25, -0.2) is 0 Å². The maximum Gasteiger partial charge on any atom is 0.0217 e. The van der Waals surface area contributed by atoms with Crippen LogP contribution in [-0.4, -0.2) is 63.7 Å². The van der Waals surface area contributed by atoms with Crippen LogP contribution in [0.3, 0.4) is 0 Å². The van der Waals surface area contributed by atoms with E-state index in [1.807, 2.05) is 7.05 Å². The minimum atomic E-state index is 0.685. The van der Waals surface area contributed by atoms with Crippen molar-refractivity contribution in [3.05, 3.63) is 0 Å². The van der Waals surface area contributed by atoms with Crippen molar-refractivity contribution in [3.8, 4) is 0 Å². The third-order valence-electron chi connectivity index (χ3n) is 2.58. The topological polar surface area (TPSA) is 18.5 Å². The number of likely N-dealkylation sites (N-methyl/N-ethyl adjacent to an activating group) is 3. The summed E-state index contributed by atoms with van der Waals surface area (Å²) >= 11 is 0. The summed E-state index contributed by atoms with van der Waals surface area (Å²) in [5.41, 5.74) is 0. The largest absolute Gasteiger partial charge is 0.318 e. The van der Waals surface area contributed by atoms with Crippen LogP contribution in [0.4, 0.5) is 0 Å². The van der Waals surface area contributed by atoms with Gasteiger partial charge in [-0.05, 0) is 34.6 Å². The fourth-order valence-corrected chi connectivity index (χ4v) is 1.59. The highest BCUT2D eigenvalue weighted by molar-refractivity contribution is 4.70. The van der Waals surface area contributed by atoms with E-state index in [9.17, 15) is 0 Å². The molecule has 1 N–H and O–H groups in total. The number of rotatable bonds is 8. The van der Waals surface area contributed by atoms with Gasteiger partial charge in [-0.1, -0.05) is 13.3 Å². The molecule has 3 heteroatoms. The minimum absolute atomic E-state index is 0.685. The van der Waals surface area contributed by atoms with E-state index < -0.39 is 0 Å². The van der Waals surface area contributed by atoms with Crippen molar-refractivity contribution in [1.29, 1.82) is 0 Å². The monoisotopic (exact) mass is 201 g/mol. The van der Waals surface area contributed by atoms with E-state index in [4.69, 9.17) is 0 Å². The van der Waals surface area contributed by atoms with Gasteiger partial charge in [0.05, 0.1) is 0 Å². The first-order chi connectivity index (χ1) is 6.61. The standard InChI is InChI=1S/C11H27N3/c1-6-7-11(10-12-2)14(5)9-8-13(3)4/h11-12H,6-10H2,1-5H3. The van der Waals surface area contributed by atoms with E-state index in [1.54, 1.807) is 0 Å². The van der Waals surface area contributed by atoms with E-state index in [0.29, 0.717) is 6.04 Å². The zero-order valence-electron chi connectivity index (χ0n) is 10.5. The Morgan fingerprint density at radius 3 is 2.21 bits per heavy atom. The fourth-order valence-electron chi connectivity index (χ4n) is 1.59. The van der Waals surface area contributed by atoms with Crippen LogP contribution >= 0.6 is 0 Å². The average Bonchev–Trinajstić information content (AvgIpc) is 2.14. The van der Waals surface area contributed by atoms with Gasteiger partial charge in [-0.2, -0.15) is 0 Å². The molecule has 14 heavy (non-hydrogen) atoms. The molecule has 0 aliphatic carbocycles. The Hall–Kier alpha value is -0.120. The van der Waals surface area contributed by atoms with Gasteiger partial charge in [0, 0.05) is 25.7 Å². The molecule has 0 aliphatic heterocycles. The van der Waals surface area contributed by atoms with Crippen LogP contribution < -0.4 is 5.32 Å². The summed E-state index contributed by atoms with van der Waals surface area (Å²) in [6.07, 6.45) is 2.55. The third-order valence-corrected chi connectivity index (χ3v) is 2.58. The zero-order valence-corrected chi connectivity index (χ0v) is 10.5. The third kappa shape index (κ3) is 6.35. The van der Waals surface area contributed by atoms with E-state index in [1.165, 1.54) is 12.8 Å². The molecule has 0 amide bonds. The van der Waals surface area contributed by atoms with Gasteiger partial charge in [0.25, 0.3) is 0 Å². The van der Waals surface area contributed by atoms with Crippen molar-refractivity contribution in [1.82, 2.24) is 15.1 Å². The van der Waals surface area contributed by atoms with Crippen LogP contribution in [-0.2, 0) is 0 Å². The molecule has 3 nitrogen and oxygen atoms in total. The van der Waals surface area contributed by atoms with Crippen LogP contribution in [0.2, 0.25) is 0 Å². The molecule has 0 radical (unpaired) electrons. The van der Waals surface area contributed by atoms with Crippen LogP contribution in [0, 0.1) is 0 Å². The Balaban J connectivity index is 3.81. The van der Waals surface area contributed by atoms with Crippen molar-refractivity contribution >= 4 is 0 Å². The number of nitrogens with one attached hydrogen (secondary N) is 1. The van der Waals surface area contributed by atoms with Gasteiger partial charge in [0.1, 0.15) is 0 Å². The molecule has 0 saturated heterocycles. The van der Waals surface area contributed by atoms with Gasteiger partial charge in [0.15, 0.2) is 0 Å². The maximum absolute atomic E-state index is 3.27. The summed E-state index contributed by atoms with van der Waals surface area (Å²) in [6.45, 7) is 5.64. The lowest BCUT2D eigenvalue weighted by molar-refractivity contribution is 0.204. The summed E-state index contributed by atoms with van der Waals surface area (Å²) < 4.78 is 0. The maximum atomic E-state index is 3.27. The summed E-state index contributed by atoms with van der Waals surface area (Å²) in [7, 11) is 8.51. The molecule has 1 unspecified atom stereocenters. The number of nitrogens with zero attached hydrogens (tertiary/aromatic N) is 2. The highest BCUT2D eigenvalue weighted by Crippen LogP contribution is 2.03. The summed E-state index contributed by atoms with van der Waals surface area (Å²) in [6, 6.07) is 0.685. The second-order valence-corrected chi connectivity index (χ2v) is 4.28. The molecule has 0 aromatic rings. The molecule has 1 atom stereocenters. The van der Waals surface area contributed by atoms with Crippen molar-refractivity contribution in [2.24, 2.45) is 0 Å². The Morgan fingerprint density at radius 2 is 1.79 bits per heavy atom. The minimum Gasteiger partial charge on any atom is -0.318 e. The first-order valence-electron chi connectivity index (χ1n) is 5.61. The molecule has 0 saturated carbocycles. The number of hydrogen-bond donors (Lipinski definition) is 1. The normalized spacial score (nSPS) is 13.9. The molecule has 0 heterocycles. The van der Waals surface area contributed by atoms with Gasteiger partial charge < -0.3 is 15.1 Å². The molecule has 0 spiro atoms. The van der Waals surface area contributed by atoms with Crippen molar-refractivity contribution in [2.45, 2.75) is 25.8 Å². The van der Waals surface area contributed by atoms with Crippen LogP contribution in [0.5, 0.6) is 0 Å². The molecule has 0 fully saturated rings. The molecule has 0 aromatic carbocycles. The van der Waals surface area contributed by atoms with E-state index in [2.05, 4.69) is 43.2 Å². The summed E-state index contributed by atoms with van der Waals surface area (Å²) in [4.78, 5) is 4.69. The van der Waals surface area contributed by atoms with Gasteiger partial charge in [-0.3, -0.25) is 0 Å². The molecular formula is C11H27N3. The van der Waals surface area contributed by atoms with Gasteiger partial charge in [-0.15, -0.1) is 0 Å². The molecule has 0 bridgehead atoms. The lowest BCUT2D eigenvalue weighted by Gasteiger charge is -2.28. The average molecular weight is 201 g/mol. The lowest BCUT2D eigenvalue weighted by atomic mass is 10.1. The predicted octanol–water partition coefficient (Wildman–Crippen LogP) is 0.868. The highest BCUT2D eigenvalue weighted by atomic mass is 15.2. The Bertz CT molecular complexity index is 120. The molecule has 0 rings (SSSR count). The Kier molecular flexibility index (Phi) is 8.14. The first kappa shape index (κ1) is 13.9. The van der Waals surface area contributed by atoms with Crippen molar-refractivity contribution in [2.75, 3.05) is 47.8 Å². The molecule has 0 aromatic heterocycles.